The molecule has 2 N–H and O–H groups in total. The second-order valence-electron chi connectivity index (χ2n) is 5.49. The standard InChI is InChI=1S/C13H28N2/c1-5-15(11(2)3)13(10-14)8-6-12(4)7-9-13/h11-12H,5-10,14H2,1-4H3. The fourth-order valence-electron chi connectivity index (χ4n) is 3.16. The number of nitrogens with two attached hydrogens (primary N) is 1. The van der Waals surface area contributed by atoms with E-state index in [-0.39, 0.29) is 0 Å². The van der Waals surface area contributed by atoms with Crippen molar-refractivity contribution in [3.63, 3.8) is 0 Å². The molecule has 1 aliphatic rings. The van der Waals surface area contributed by atoms with E-state index in [2.05, 4.69) is 32.6 Å². The lowest BCUT2D eigenvalue weighted by Gasteiger charge is -2.49. The Bertz CT molecular complexity index is 181. The summed E-state index contributed by atoms with van der Waals surface area (Å²) in [6.45, 7) is 11.2. The van der Waals surface area contributed by atoms with Gasteiger partial charge in [0.2, 0.25) is 0 Å². The molecule has 0 aromatic rings. The topological polar surface area (TPSA) is 29.3 Å². The molecule has 0 radical (unpaired) electrons. The lowest BCUT2D eigenvalue weighted by molar-refractivity contribution is 0.0245. The van der Waals surface area contributed by atoms with Crippen molar-refractivity contribution in [3.05, 3.63) is 0 Å². The first-order chi connectivity index (χ1) is 7.05. The van der Waals surface area contributed by atoms with Gasteiger partial charge in [-0.3, -0.25) is 4.90 Å². The first-order valence-corrected chi connectivity index (χ1v) is 6.52. The van der Waals surface area contributed by atoms with Gasteiger partial charge < -0.3 is 5.73 Å². The van der Waals surface area contributed by atoms with Gasteiger partial charge in [-0.15, -0.1) is 0 Å². The number of nitrogens with zero attached hydrogens (tertiary/aromatic N) is 1. The maximum absolute atomic E-state index is 6.06. The quantitative estimate of drug-likeness (QED) is 0.776. The second-order valence-corrected chi connectivity index (χ2v) is 5.49. The second kappa shape index (κ2) is 5.31. The minimum atomic E-state index is 0.301. The van der Waals surface area contributed by atoms with Gasteiger partial charge in [0.25, 0.3) is 0 Å². The Kier molecular flexibility index (Phi) is 4.60. The molecule has 0 aromatic carbocycles. The highest BCUT2D eigenvalue weighted by atomic mass is 15.2. The molecule has 90 valence electrons. The van der Waals surface area contributed by atoms with Crippen molar-refractivity contribution < 1.29 is 0 Å². The number of hydrogen-bond acceptors (Lipinski definition) is 2. The summed E-state index contributed by atoms with van der Waals surface area (Å²) in [6.07, 6.45) is 5.27. The molecule has 1 rings (SSSR count). The smallest absolute Gasteiger partial charge is 0.0334 e. The molecule has 0 heterocycles. The molecule has 15 heavy (non-hydrogen) atoms. The van der Waals surface area contributed by atoms with Gasteiger partial charge in [0, 0.05) is 18.1 Å². The Morgan fingerprint density at radius 2 is 1.87 bits per heavy atom. The average molecular weight is 212 g/mol. The minimum Gasteiger partial charge on any atom is -0.329 e. The van der Waals surface area contributed by atoms with Gasteiger partial charge in [0.05, 0.1) is 0 Å². The molecule has 1 fully saturated rings. The molecule has 0 saturated heterocycles. The van der Waals surface area contributed by atoms with Crippen molar-refractivity contribution in [1.29, 1.82) is 0 Å². The summed E-state index contributed by atoms with van der Waals surface area (Å²) in [5, 5.41) is 0. The highest BCUT2D eigenvalue weighted by Gasteiger charge is 2.38. The molecule has 0 bridgehead atoms. The Hall–Kier alpha value is -0.0800. The van der Waals surface area contributed by atoms with Crippen molar-refractivity contribution >= 4 is 0 Å². The maximum Gasteiger partial charge on any atom is 0.0334 e. The molecule has 0 unspecified atom stereocenters. The van der Waals surface area contributed by atoms with Crippen LogP contribution in [-0.2, 0) is 0 Å². The summed E-state index contributed by atoms with van der Waals surface area (Å²) in [6, 6.07) is 0.618. The van der Waals surface area contributed by atoms with Crippen LogP contribution in [0.2, 0.25) is 0 Å². The van der Waals surface area contributed by atoms with Gasteiger partial charge in [-0.05, 0) is 52.0 Å². The fraction of sp³-hybridized carbons (Fsp3) is 1.00. The first kappa shape index (κ1) is 13.0. The van der Waals surface area contributed by atoms with Gasteiger partial charge in [0.1, 0.15) is 0 Å². The van der Waals surface area contributed by atoms with Gasteiger partial charge in [-0.1, -0.05) is 13.8 Å². The van der Waals surface area contributed by atoms with Crippen molar-refractivity contribution in [2.75, 3.05) is 13.1 Å². The maximum atomic E-state index is 6.06. The Labute approximate surface area is 95.2 Å². The van der Waals surface area contributed by atoms with Gasteiger partial charge in [0.15, 0.2) is 0 Å². The van der Waals surface area contributed by atoms with E-state index in [1.54, 1.807) is 0 Å². The van der Waals surface area contributed by atoms with Crippen LogP contribution in [-0.4, -0.2) is 29.6 Å². The van der Waals surface area contributed by atoms with Crippen molar-refractivity contribution in [2.45, 2.75) is 65.0 Å². The van der Waals surface area contributed by atoms with Crippen molar-refractivity contribution in [2.24, 2.45) is 11.7 Å². The van der Waals surface area contributed by atoms with Crippen LogP contribution in [0, 0.1) is 5.92 Å². The zero-order valence-corrected chi connectivity index (χ0v) is 10.9. The average Bonchev–Trinajstić information content (AvgIpc) is 2.22. The Balaban J connectivity index is 2.74. The highest BCUT2D eigenvalue weighted by molar-refractivity contribution is 4.96. The largest absolute Gasteiger partial charge is 0.329 e. The molecule has 0 spiro atoms. The third-order valence-electron chi connectivity index (χ3n) is 4.16. The summed E-state index contributed by atoms with van der Waals surface area (Å²) in [4.78, 5) is 2.61. The van der Waals surface area contributed by atoms with Gasteiger partial charge in [-0.2, -0.15) is 0 Å². The van der Waals surface area contributed by atoms with E-state index in [1.807, 2.05) is 0 Å². The zero-order chi connectivity index (χ0) is 11.5. The Morgan fingerprint density at radius 1 is 1.33 bits per heavy atom. The normalized spacial score (nSPS) is 32.6. The first-order valence-electron chi connectivity index (χ1n) is 6.52. The van der Waals surface area contributed by atoms with Crippen molar-refractivity contribution in [3.8, 4) is 0 Å². The van der Waals surface area contributed by atoms with Crippen molar-refractivity contribution in [1.82, 2.24) is 4.90 Å². The molecular weight excluding hydrogens is 184 g/mol. The predicted octanol–water partition coefficient (Wildman–Crippen LogP) is 2.62. The Morgan fingerprint density at radius 3 is 2.20 bits per heavy atom. The molecule has 2 nitrogen and oxygen atoms in total. The van der Waals surface area contributed by atoms with Crippen LogP contribution in [0.5, 0.6) is 0 Å². The molecular formula is C13H28N2. The predicted molar refractivity (Wildman–Crippen MR) is 66.9 cm³/mol. The molecule has 2 heteroatoms. The molecule has 0 amide bonds. The van der Waals surface area contributed by atoms with Crippen LogP contribution in [0.15, 0.2) is 0 Å². The van der Waals surface area contributed by atoms with E-state index >= 15 is 0 Å². The van der Waals surface area contributed by atoms with E-state index in [1.165, 1.54) is 25.7 Å². The molecule has 1 aliphatic carbocycles. The van der Waals surface area contributed by atoms with E-state index < -0.39 is 0 Å². The molecule has 0 aromatic heterocycles. The van der Waals surface area contributed by atoms with E-state index in [4.69, 9.17) is 5.73 Å². The van der Waals surface area contributed by atoms with Gasteiger partial charge in [-0.25, -0.2) is 0 Å². The third kappa shape index (κ3) is 2.73. The molecule has 1 saturated carbocycles. The van der Waals surface area contributed by atoms with Crippen LogP contribution in [0.4, 0.5) is 0 Å². The number of rotatable bonds is 4. The summed E-state index contributed by atoms with van der Waals surface area (Å²) in [5.41, 5.74) is 6.36. The molecule has 0 atom stereocenters. The SMILES string of the molecule is CCN(C(C)C)C1(CN)CCC(C)CC1. The van der Waals surface area contributed by atoms with Crippen LogP contribution in [0.3, 0.4) is 0 Å². The highest BCUT2D eigenvalue weighted by Crippen LogP contribution is 2.36. The van der Waals surface area contributed by atoms with Gasteiger partial charge >= 0.3 is 0 Å². The van der Waals surface area contributed by atoms with E-state index in [0.717, 1.165) is 19.0 Å². The van der Waals surface area contributed by atoms with Crippen LogP contribution in [0.1, 0.15) is 53.4 Å². The summed E-state index contributed by atoms with van der Waals surface area (Å²) >= 11 is 0. The minimum absolute atomic E-state index is 0.301. The molecule has 0 aliphatic heterocycles. The van der Waals surface area contributed by atoms with E-state index in [0.29, 0.717) is 11.6 Å². The summed E-state index contributed by atoms with van der Waals surface area (Å²) < 4.78 is 0. The number of hydrogen-bond donors (Lipinski definition) is 1. The summed E-state index contributed by atoms with van der Waals surface area (Å²) in [7, 11) is 0. The van der Waals surface area contributed by atoms with E-state index in [9.17, 15) is 0 Å². The van der Waals surface area contributed by atoms with Crippen LogP contribution >= 0.6 is 0 Å². The van der Waals surface area contributed by atoms with Crippen LogP contribution < -0.4 is 5.73 Å². The van der Waals surface area contributed by atoms with Crippen LogP contribution in [0.25, 0.3) is 0 Å². The lowest BCUT2D eigenvalue weighted by atomic mass is 9.75. The fourth-order valence-corrected chi connectivity index (χ4v) is 3.16. The monoisotopic (exact) mass is 212 g/mol. The zero-order valence-electron chi connectivity index (χ0n) is 10.9. The number of likely N-dealkylation sites (N-methyl/N-ethyl adjacent to an activating group) is 1. The third-order valence-corrected chi connectivity index (χ3v) is 4.16. The lowest BCUT2D eigenvalue weighted by Crippen LogP contribution is -2.57. The summed E-state index contributed by atoms with van der Waals surface area (Å²) in [5.74, 6) is 0.899.